The number of rotatable bonds is 6. The summed E-state index contributed by atoms with van der Waals surface area (Å²) in [7, 11) is 1.89. The molecule has 1 aromatic rings. The highest BCUT2D eigenvalue weighted by molar-refractivity contribution is 5.81. The lowest BCUT2D eigenvalue weighted by molar-refractivity contribution is -0.119. The number of anilines is 1. The number of hydrogen-bond donors (Lipinski definition) is 1. The Kier molecular flexibility index (Phi) is 4.30. The standard InChI is InChI=1S/C15H18N2O2/c1-3-10-19-14-8-6-13(7-9-14)17(2)11-15(18)16-12-4-5-12/h1,6-9,12H,4-5,10-11H2,2H3,(H,16,18). The van der Waals surface area contributed by atoms with E-state index in [1.165, 1.54) is 0 Å². The SMILES string of the molecule is C#CCOc1ccc(N(C)CC(=O)NC2CC2)cc1. The van der Waals surface area contributed by atoms with Gasteiger partial charge in [-0.25, -0.2) is 0 Å². The van der Waals surface area contributed by atoms with Gasteiger partial charge in [0.25, 0.3) is 0 Å². The molecular formula is C15H18N2O2. The first-order valence-corrected chi connectivity index (χ1v) is 6.36. The van der Waals surface area contributed by atoms with Crippen LogP contribution >= 0.6 is 0 Å². The lowest BCUT2D eigenvalue weighted by atomic mass is 10.3. The van der Waals surface area contributed by atoms with E-state index in [-0.39, 0.29) is 12.5 Å². The van der Waals surface area contributed by atoms with Crippen LogP contribution in [0.3, 0.4) is 0 Å². The smallest absolute Gasteiger partial charge is 0.239 e. The summed E-state index contributed by atoms with van der Waals surface area (Å²) in [4.78, 5) is 13.6. The molecule has 0 bridgehead atoms. The van der Waals surface area contributed by atoms with Gasteiger partial charge in [0.05, 0.1) is 6.54 Å². The van der Waals surface area contributed by atoms with E-state index in [9.17, 15) is 4.79 Å². The van der Waals surface area contributed by atoms with Crippen LogP contribution in [0.15, 0.2) is 24.3 Å². The number of terminal acetylenes is 1. The Morgan fingerprint density at radius 2 is 2.16 bits per heavy atom. The Hall–Kier alpha value is -2.15. The molecule has 4 heteroatoms. The van der Waals surface area contributed by atoms with Crippen LogP contribution in [0.25, 0.3) is 0 Å². The van der Waals surface area contributed by atoms with Crippen molar-refractivity contribution in [1.29, 1.82) is 0 Å². The highest BCUT2D eigenvalue weighted by atomic mass is 16.5. The maximum Gasteiger partial charge on any atom is 0.239 e. The lowest BCUT2D eigenvalue weighted by Gasteiger charge is -2.19. The van der Waals surface area contributed by atoms with Gasteiger partial charge in [-0.3, -0.25) is 4.79 Å². The van der Waals surface area contributed by atoms with E-state index in [1.807, 2.05) is 36.2 Å². The van der Waals surface area contributed by atoms with Gasteiger partial charge in [0, 0.05) is 18.8 Å². The molecule has 1 fully saturated rings. The van der Waals surface area contributed by atoms with E-state index in [0.29, 0.717) is 12.6 Å². The Morgan fingerprint density at radius 3 is 2.74 bits per heavy atom. The van der Waals surface area contributed by atoms with Crippen molar-refractivity contribution < 1.29 is 9.53 Å². The Labute approximate surface area is 113 Å². The Balaban J connectivity index is 1.85. The average molecular weight is 258 g/mol. The van der Waals surface area contributed by atoms with Crippen LogP contribution in [0.4, 0.5) is 5.69 Å². The molecule has 0 heterocycles. The summed E-state index contributed by atoms with van der Waals surface area (Å²) in [6.45, 7) is 0.625. The summed E-state index contributed by atoms with van der Waals surface area (Å²) >= 11 is 0. The summed E-state index contributed by atoms with van der Waals surface area (Å²) in [5.41, 5.74) is 0.971. The third-order valence-electron chi connectivity index (χ3n) is 2.92. The molecule has 1 saturated carbocycles. The van der Waals surface area contributed by atoms with E-state index >= 15 is 0 Å². The molecule has 0 atom stereocenters. The molecule has 0 aliphatic heterocycles. The van der Waals surface area contributed by atoms with Crippen LogP contribution in [-0.4, -0.2) is 32.1 Å². The lowest BCUT2D eigenvalue weighted by Crippen LogP contribution is -2.36. The maximum atomic E-state index is 11.7. The fraction of sp³-hybridized carbons (Fsp3) is 0.400. The minimum absolute atomic E-state index is 0.0673. The Morgan fingerprint density at radius 1 is 1.47 bits per heavy atom. The van der Waals surface area contributed by atoms with Crippen molar-refractivity contribution in [3.8, 4) is 18.1 Å². The highest BCUT2D eigenvalue weighted by Gasteiger charge is 2.23. The van der Waals surface area contributed by atoms with E-state index in [4.69, 9.17) is 11.2 Å². The second-order valence-electron chi connectivity index (χ2n) is 4.68. The molecule has 0 spiro atoms. The zero-order valence-electron chi connectivity index (χ0n) is 11.1. The van der Waals surface area contributed by atoms with E-state index in [2.05, 4.69) is 11.2 Å². The zero-order valence-corrected chi connectivity index (χ0v) is 11.1. The van der Waals surface area contributed by atoms with Crippen molar-refractivity contribution >= 4 is 11.6 Å². The molecule has 4 nitrogen and oxygen atoms in total. The van der Waals surface area contributed by atoms with Crippen LogP contribution in [0, 0.1) is 12.3 Å². The molecular weight excluding hydrogens is 240 g/mol. The molecule has 1 aliphatic carbocycles. The number of hydrogen-bond acceptors (Lipinski definition) is 3. The summed E-state index contributed by atoms with van der Waals surface area (Å²) in [5, 5.41) is 2.97. The van der Waals surface area contributed by atoms with Crippen molar-refractivity contribution in [1.82, 2.24) is 5.32 Å². The average Bonchev–Trinajstić information content (AvgIpc) is 3.20. The molecule has 1 amide bonds. The van der Waals surface area contributed by atoms with Crippen molar-refractivity contribution in [2.45, 2.75) is 18.9 Å². The Bertz CT molecular complexity index is 472. The predicted octanol–water partition coefficient (Wildman–Crippen LogP) is 1.41. The number of likely N-dealkylation sites (N-methyl/N-ethyl adjacent to an activating group) is 1. The third kappa shape index (κ3) is 4.22. The first-order valence-electron chi connectivity index (χ1n) is 6.36. The summed E-state index contributed by atoms with van der Waals surface area (Å²) in [6, 6.07) is 7.93. The maximum absolute atomic E-state index is 11.7. The normalized spacial score (nSPS) is 13.5. The topological polar surface area (TPSA) is 41.6 Å². The molecule has 0 radical (unpaired) electrons. The second kappa shape index (κ2) is 6.14. The zero-order chi connectivity index (χ0) is 13.7. The summed E-state index contributed by atoms with van der Waals surface area (Å²) in [5.74, 6) is 3.22. The van der Waals surface area contributed by atoms with Crippen LogP contribution in [0.2, 0.25) is 0 Å². The number of nitrogens with zero attached hydrogens (tertiary/aromatic N) is 1. The number of amides is 1. The molecule has 0 unspecified atom stereocenters. The molecule has 100 valence electrons. The van der Waals surface area contributed by atoms with Crippen LogP contribution in [0.5, 0.6) is 5.75 Å². The number of benzene rings is 1. The predicted molar refractivity (Wildman–Crippen MR) is 75.2 cm³/mol. The van der Waals surface area contributed by atoms with Gasteiger partial charge in [-0.2, -0.15) is 0 Å². The summed E-state index contributed by atoms with van der Waals surface area (Å²) < 4.78 is 5.30. The van der Waals surface area contributed by atoms with Crippen molar-refractivity contribution in [3.63, 3.8) is 0 Å². The van der Waals surface area contributed by atoms with E-state index in [0.717, 1.165) is 24.3 Å². The van der Waals surface area contributed by atoms with Gasteiger partial charge in [-0.05, 0) is 37.1 Å². The largest absolute Gasteiger partial charge is 0.481 e. The third-order valence-corrected chi connectivity index (χ3v) is 2.92. The van der Waals surface area contributed by atoms with Gasteiger partial charge in [0.2, 0.25) is 5.91 Å². The number of carbonyl (C=O) groups is 1. The van der Waals surface area contributed by atoms with E-state index in [1.54, 1.807) is 0 Å². The van der Waals surface area contributed by atoms with E-state index < -0.39 is 0 Å². The molecule has 19 heavy (non-hydrogen) atoms. The fourth-order valence-electron chi connectivity index (χ4n) is 1.73. The number of nitrogens with one attached hydrogen (secondary N) is 1. The van der Waals surface area contributed by atoms with Crippen LogP contribution < -0.4 is 15.0 Å². The van der Waals surface area contributed by atoms with Crippen molar-refractivity contribution in [2.24, 2.45) is 0 Å². The molecule has 1 N–H and O–H groups in total. The first-order chi connectivity index (χ1) is 9.19. The quantitative estimate of drug-likeness (QED) is 0.785. The van der Waals surface area contributed by atoms with Gasteiger partial charge in [-0.15, -0.1) is 6.42 Å². The minimum atomic E-state index is 0.0673. The molecule has 1 aliphatic rings. The highest BCUT2D eigenvalue weighted by Crippen LogP contribution is 2.20. The molecule has 1 aromatic carbocycles. The van der Waals surface area contributed by atoms with Gasteiger partial charge in [-0.1, -0.05) is 5.92 Å². The number of carbonyl (C=O) groups excluding carboxylic acids is 1. The second-order valence-corrected chi connectivity index (χ2v) is 4.68. The minimum Gasteiger partial charge on any atom is -0.481 e. The van der Waals surface area contributed by atoms with Crippen molar-refractivity contribution in [3.05, 3.63) is 24.3 Å². The monoisotopic (exact) mass is 258 g/mol. The summed E-state index contributed by atoms with van der Waals surface area (Å²) in [6.07, 6.45) is 7.34. The van der Waals surface area contributed by atoms with Gasteiger partial charge in [0.15, 0.2) is 0 Å². The fourth-order valence-corrected chi connectivity index (χ4v) is 1.73. The molecule has 0 saturated heterocycles. The van der Waals surface area contributed by atoms with Crippen LogP contribution in [-0.2, 0) is 4.79 Å². The first kappa shape index (κ1) is 13.3. The molecule has 2 rings (SSSR count). The van der Waals surface area contributed by atoms with Gasteiger partial charge >= 0.3 is 0 Å². The van der Waals surface area contributed by atoms with Gasteiger partial charge < -0.3 is 15.0 Å². The molecule has 0 aromatic heterocycles. The number of ether oxygens (including phenoxy) is 1. The van der Waals surface area contributed by atoms with Crippen molar-refractivity contribution in [2.75, 3.05) is 25.1 Å². The van der Waals surface area contributed by atoms with Crippen LogP contribution in [0.1, 0.15) is 12.8 Å². The van der Waals surface area contributed by atoms with Gasteiger partial charge in [0.1, 0.15) is 12.4 Å².